The molecule has 0 fully saturated rings. The molecule has 19 heavy (non-hydrogen) atoms. The number of alkyl carbamates (subject to hydrolysis) is 1. The summed E-state index contributed by atoms with van der Waals surface area (Å²) in [6, 6.07) is 6.77. The predicted octanol–water partition coefficient (Wildman–Crippen LogP) is 1.56. The molecule has 7 nitrogen and oxygen atoms in total. The standard InChI is InChI=1S/C12H15N3O4/c1-8(16)18-9(2)19-12(17)15-7-14-11-5-3-10(13)4-6-11/h3-7,9H,13H2,1-2H3,(H,14,15,17). The van der Waals surface area contributed by atoms with E-state index in [9.17, 15) is 9.59 Å². The number of carbonyl (C=O) groups is 2. The Kier molecular flexibility index (Phi) is 5.34. The van der Waals surface area contributed by atoms with Crippen LogP contribution in [0.3, 0.4) is 0 Å². The van der Waals surface area contributed by atoms with Crippen molar-refractivity contribution >= 4 is 29.8 Å². The number of nitrogen functional groups attached to an aromatic ring is 1. The smallest absolute Gasteiger partial charge is 0.415 e. The fourth-order valence-electron chi connectivity index (χ4n) is 1.16. The van der Waals surface area contributed by atoms with Gasteiger partial charge in [0.1, 0.15) is 0 Å². The Morgan fingerprint density at radius 2 is 1.95 bits per heavy atom. The first-order valence-electron chi connectivity index (χ1n) is 5.50. The average Bonchev–Trinajstić information content (AvgIpc) is 2.30. The minimum Gasteiger partial charge on any atom is -0.426 e. The zero-order valence-corrected chi connectivity index (χ0v) is 10.6. The lowest BCUT2D eigenvalue weighted by molar-refractivity contribution is -0.161. The maximum Gasteiger partial charge on any atom is 0.415 e. The van der Waals surface area contributed by atoms with Crippen LogP contribution < -0.4 is 11.1 Å². The third-order valence-electron chi connectivity index (χ3n) is 1.89. The van der Waals surface area contributed by atoms with E-state index in [4.69, 9.17) is 10.5 Å². The SMILES string of the molecule is CC(=O)OC(C)OC(=O)NC=Nc1ccc(N)cc1. The number of rotatable bonds is 4. The number of nitrogens with one attached hydrogen (secondary N) is 1. The van der Waals surface area contributed by atoms with Crippen molar-refractivity contribution in [2.75, 3.05) is 5.73 Å². The second-order valence-corrected chi connectivity index (χ2v) is 3.58. The average molecular weight is 265 g/mol. The van der Waals surface area contributed by atoms with E-state index >= 15 is 0 Å². The van der Waals surface area contributed by atoms with Crippen LogP contribution in [0.5, 0.6) is 0 Å². The van der Waals surface area contributed by atoms with Crippen LogP contribution in [0.15, 0.2) is 29.3 Å². The molecule has 0 bridgehead atoms. The van der Waals surface area contributed by atoms with Crippen molar-refractivity contribution in [1.29, 1.82) is 0 Å². The van der Waals surface area contributed by atoms with Crippen LogP contribution in [0, 0.1) is 0 Å². The molecule has 0 aliphatic heterocycles. The highest BCUT2D eigenvalue weighted by Crippen LogP contribution is 2.12. The lowest BCUT2D eigenvalue weighted by Crippen LogP contribution is -2.28. The molecule has 1 aromatic carbocycles. The van der Waals surface area contributed by atoms with Crippen LogP contribution in [0.1, 0.15) is 13.8 Å². The summed E-state index contributed by atoms with van der Waals surface area (Å²) in [6.07, 6.45) is -0.552. The quantitative estimate of drug-likeness (QED) is 0.283. The summed E-state index contributed by atoms with van der Waals surface area (Å²) in [5, 5.41) is 2.27. The molecule has 0 aromatic heterocycles. The molecule has 0 radical (unpaired) electrons. The van der Waals surface area contributed by atoms with Crippen molar-refractivity contribution in [1.82, 2.24) is 5.32 Å². The number of ether oxygens (including phenoxy) is 2. The van der Waals surface area contributed by atoms with Gasteiger partial charge in [-0.25, -0.2) is 9.79 Å². The zero-order chi connectivity index (χ0) is 14.3. The van der Waals surface area contributed by atoms with E-state index in [-0.39, 0.29) is 0 Å². The molecular weight excluding hydrogens is 250 g/mol. The second kappa shape index (κ2) is 7.00. The van der Waals surface area contributed by atoms with E-state index in [1.165, 1.54) is 20.2 Å². The van der Waals surface area contributed by atoms with Gasteiger partial charge in [-0.1, -0.05) is 0 Å². The van der Waals surface area contributed by atoms with E-state index in [1.54, 1.807) is 24.3 Å². The Morgan fingerprint density at radius 3 is 2.53 bits per heavy atom. The Bertz CT molecular complexity index is 470. The molecule has 0 heterocycles. The van der Waals surface area contributed by atoms with Gasteiger partial charge in [0, 0.05) is 19.5 Å². The molecule has 1 unspecified atom stereocenters. The molecule has 0 aliphatic rings. The fraction of sp³-hybridized carbons (Fsp3) is 0.250. The molecule has 7 heteroatoms. The highest BCUT2D eigenvalue weighted by Gasteiger charge is 2.09. The number of hydrogen-bond acceptors (Lipinski definition) is 6. The molecule has 1 aromatic rings. The van der Waals surface area contributed by atoms with Crippen LogP contribution in [0.25, 0.3) is 0 Å². The number of amides is 1. The van der Waals surface area contributed by atoms with Crippen LogP contribution in [-0.4, -0.2) is 24.7 Å². The summed E-state index contributed by atoms with van der Waals surface area (Å²) < 4.78 is 9.33. The molecule has 102 valence electrons. The van der Waals surface area contributed by atoms with Gasteiger partial charge in [-0.2, -0.15) is 0 Å². The van der Waals surface area contributed by atoms with Crippen molar-refractivity contribution in [2.45, 2.75) is 20.1 Å². The summed E-state index contributed by atoms with van der Waals surface area (Å²) in [5.74, 6) is -0.532. The van der Waals surface area contributed by atoms with Crippen molar-refractivity contribution in [3.8, 4) is 0 Å². The second-order valence-electron chi connectivity index (χ2n) is 3.58. The first-order chi connectivity index (χ1) is 8.97. The number of carbonyl (C=O) groups excluding carboxylic acids is 2. The Labute approximate surface area is 110 Å². The van der Waals surface area contributed by atoms with Crippen LogP contribution in [0.2, 0.25) is 0 Å². The lowest BCUT2D eigenvalue weighted by atomic mass is 10.3. The zero-order valence-electron chi connectivity index (χ0n) is 10.6. The van der Waals surface area contributed by atoms with Crippen LogP contribution in [0.4, 0.5) is 16.2 Å². The summed E-state index contributed by atoms with van der Waals surface area (Å²) >= 11 is 0. The summed E-state index contributed by atoms with van der Waals surface area (Å²) in [5.41, 5.74) is 6.77. The highest BCUT2D eigenvalue weighted by molar-refractivity contribution is 5.83. The number of hydrogen-bond donors (Lipinski definition) is 2. The molecular formula is C12H15N3O4. The van der Waals surface area contributed by atoms with Gasteiger partial charge in [0.15, 0.2) is 0 Å². The highest BCUT2D eigenvalue weighted by atomic mass is 16.7. The van der Waals surface area contributed by atoms with Gasteiger partial charge < -0.3 is 15.2 Å². The Morgan fingerprint density at radius 1 is 1.32 bits per heavy atom. The van der Waals surface area contributed by atoms with Gasteiger partial charge in [0.05, 0.1) is 12.0 Å². The Hall–Kier alpha value is -2.57. The third-order valence-corrected chi connectivity index (χ3v) is 1.89. The normalized spacial score (nSPS) is 11.9. The van der Waals surface area contributed by atoms with Crippen LogP contribution >= 0.6 is 0 Å². The minimum absolute atomic E-state index is 0.532. The molecule has 0 saturated carbocycles. The number of benzene rings is 1. The molecule has 3 N–H and O–H groups in total. The first kappa shape index (κ1) is 14.5. The molecule has 1 amide bonds. The topological polar surface area (TPSA) is 103 Å². The first-order valence-corrected chi connectivity index (χ1v) is 5.50. The number of aliphatic imine (C=N–C) groups is 1. The van der Waals surface area contributed by atoms with Gasteiger partial charge in [0.2, 0.25) is 6.29 Å². The van der Waals surface area contributed by atoms with Crippen molar-refractivity contribution in [3.63, 3.8) is 0 Å². The van der Waals surface area contributed by atoms with E-state index < -0.39 is 18.4 Å². The molecule has 1 rings (SSSR count). The van der Waals surface area contributed by atoms with E-state index in [2.05, 4.69) is 15.0 Å². The van der Waals surface area contributed by atoms with E-state index in [0.29, 0.717) is 11.4 Å². The van der Waals surface area contributed by atoms with Crippen molar-refractivity contribution < 1.29 is 19.1 Å². The van der Waals surface area contributed by atoms with Crippen molar-refractivity contribution in [3.05, 3.63) is 24.3 Å². The molecule has 0 aliphatic carbocycles. The number of anilines is 1. The summed E-state index contributed by atoms with van der Waals surface area (Å²) in [4.78, 5) is 25.8. The van der Waals surface area contributed by atoms with Gasteiger partial charge in [0.25, 0.3) is 0 Å². The summed E-state index contributed by atoms with van der Waals surface area (Å²) in [6.45, 7) is 2.65. The van der Waals surface area contributed by atoms with Gasteiger partial charge in [-0.05, 0) is 24.3 Å². The van der Waals surface area contributed by atoms with E-state index in [0.717, 1.165) is 0 Å². The molecule has 0 saturated heterocycles. The van der Waals surface area contributed by atoms with Gasteiger partial charge in [-0.15, -0.1) is 0 Å². The third kappa shape index (κ3) is 6.06. The predicted molar refractivity (Wildman–Crippen MR) is 69.9 cm³/mol. The molecule has 1 atom stereocenters. The maximum atomic E-state index is 11.2. The van der Waals surface area contributed by atoms with E-state index in [1.807, 2.05) is 0 Å². The lowest BCUT2D eigenvalue weighted by Gasteiger charge is -2.11. The number of nitrogens with zero attached hydrogens (tertiary/aromatic N) is 1. The fourth-order valence-corrected chi connectivity index (χ4v) is 1.16. The van der Waals surface area contributed by atoms with Gasteiger partial charge >= 0.3 is 12.1 Å². The monoisotopic (exact) mass is 265 g/mol. The van der Waals surface area contributed by atoms with Crippen LogP contribution in [-0.2, 0) is 14.3 Å². The van der Waals surface area contributed by atoms with Gasteiger partial charge in [-0.3, -0.25) is 10.1 Å². The largest absolute Gasteiger partial charge is 0.426 e. The Balaban J connectivity index is 2.37. The minimum atomic E-state index is -0.956. The number of esters is 1. The maximum absolute atomic E-state index is 11.2. The number of nitrogens with two attached hydrogens (primary N) is 1. The van der Waals surface area contributed by atoms with Crippen molar-refractivity contribution in [2.24, 2.45) is 4.99 Å². The summed E-state index contributed by atoms with van der Waals surface area (Å²) in [7, 11) is 0. The molecule has 0 spiro atoms.